The van der Waals surface area contributed by atoms with E-state index in [0.717, 1.165) is 48.8 Å². The maximum Gasteiger partial charge on any atom is 0.126 e. The molecule has 0 aliphatic carbocycles. The van der Waals surface area contributed by atoms with Gasteiger partial charge < -0.3 is 0 Å². The van der Waals surface area contributed by atoms with Gasteiger partial charge in [0, 0.05) is 0 Å². The van der Waals surface area contributed by atoms with Crippen LogP contribution in [0.5, 0.6) is 0 Å². The lowest BCUT2D eigenvalue weighted by molar-refractivity contribution is 0.611. The lowest BCUT2D eigenvalue weighted by Gasteiger charge is -1.98. The van der Waals surface area contributed by atoms with Crippen molar-refractivity contribution in [1.29, 1.82) is 0 Å². The van der Waals surface area contributed by atoms with Crippen molar-refractivity contribution in [1.82, 2.24) is 0 Å². The van der Waals surface area contributed by atoms with E-state index in [1.165, 1.54) is 45.0 Å². The van der Waals surface area contributed by atoms with Gasteiger partial charge in [0.2, 0.25) is 0 Å². The summed E-state index contributed by atoms with van der Waals surface area (Å²) in [4.78, 5) is 0. The fourth-order valence-corrected chi connectivity index (χ4v) is 4.55. The summed E-state index contributed by atoms with van der Waals surface area (Å²) in [5, 5.41) is 0. The van der Waals surface area contributed by atoms with Crippen LogP contribution < -0.4 is 0 Å². The van der Waals surface area contributed by atoms with E-state index in [1.54, 1.807) is 13.0 Å². The molecule has 0 fully saturated rings. The van der Waals surface area contributed by atoms with E-state index in [9.17, 15) is 8.78 Å². The molecule has 0 aliphatic heterocycles. The SMILES string of the molecule is CCc1ccc(C)cc1.CCc1ccc(C)cc1F.CCc1ccc(F)c(C)c1.CCc1cccc(C)c1.CCc1cccc(C)c1. The Balaban J connectivity index is 0.000000294. The number of aryl methyl sites for hydroxylation is 10. The molecule has 0 bridgehead atoms. The summed E-state index contributed by atoms with van der Waals surface area (Å²) in [7, 11) is 0. The van der Waals surface area contributed by atoms with Crippen molar-refractivity contribution in [2.24, 2.45) is 0 Å². The molecule has 0 amide bonds. The Morgan fingerprint density at radius 1 is 0.362 bits per heavy atom. The highest BCUT2D eigenvalue weighted by molar-refractivity contribution is 5.25. The van der Waals surface area contributed by atoms with Gasteiger partial charge in [-0.3, -0.25) is 0 Å². The summed E-state index contributed by atoms with van der Waals surface area (Å²) in [6.45, 7) is 20.6. The highest BCUT2D eigenvalue weighted by atomic mass is 19.1. The largest absolute Gasteiger partial charge is 0.207 e. The fraction of sp³-hybridized carbons (Fsp3) is 0.333. The Labute approximate surface area is 285 Å². The van der Waals surface area contributed by atoms with Crippen molar-refractivity contribution in [3.63, 3.8) is 0 Å². The number of rotatable bonds is 5. The van der Waals surface area contributed by atoms with Crippen molar-refractivity contribution in [2.45, 2.75) is 101 Å². The summed E-state index contributed by atoms with van der Waals surface area (Å²) in [6.07, 6.45) is 5.16. The first-order valence-electron chi connectivity index (χ1n) is 17.1. The van der Waals surface area contributed by atoms with Crippen LogP contribution in [0.3, 0.4) is 0 Å². The molecular formula is C45H58F2. The van der Waals surface area contributed by atoms with Gasteiger partial charge in [-0.2, -0.15) is 0 Å². The lowest BCUT2D eigenvalue weighted by Crippen LogP contribution is -1.86. The molecular weight excluding hydrogens is 578 g/mol. The van der Waals surface area contributed by atoms with Gasteiger partial charge in [0.15, 0.2) is 0 Å². The van der Waals surface area contributed by atoms with Crippen LogP contribution in [0.15, 0.2) is 109 Å². The smallest absolute Gasteiger partial charge is 0.126 e. The average Bonchev–Trinajstić information content (AvgIpc) is 3.07. The van der Waals surface area contributed by atoms with Gasteiger partial charge in [-0.15, -0.1) is 0 Å². The first-order chi connectivity index (χ1) is 22.4. The van der Waals surface area contributed by atoms with Crippen LogP contribution in [-0.4, -0.2) is 0 Å². The average molecular weight is 637 g/mol. The van der Waals surface area contributed by atoms with Crippen LogP contribution >= 0.6 is 0 Å². The third kappa shape index (κ3) is 17.5. The standard InChI is InChI=1S/2C9H11F.3C9H12/c1-3-8-4-5-9(10)7(2)6-8;1-3-8-5-4-7(2)6-9(8)10;1-3-9-6-4-8(2)5-7-9;2*1-3-9-6-4-5-8(2)7-9/h2*4-6H,3H2,1-2H3;3*4-7H,3H2,1-2H3. The van der Waals surface area contributed by atoms with Crippen LogP contribution in [0, 0.1) is 46.3 Å². The van der Waals surface area contributed by atoms with Gasteiger partial charge in [0.05, 0.1) is 0 Å². The fourth-order valence-electron chi connectivity index (χ4n) is 4.55. The van der Waals surface area contributed by atoms with Gasteiger partial charge in [0.25, 0.3) is 0 Å². The van der Waals surface area contributed by atoms with Crippen molar-refractivity contribution in [3.05, 3.63) is 176 Å². The topological polar surface area (TPSA) is 0 Å². The van der Waals surface area contributed by atoms with Gasteiger partial charge in [0.1, 0.15) is 11.6 Å². The molecule has 2 heteroatoms. The highest BCUT2D eigenvalue weighted by Crippen LogP contribution is 2.10. The van der Waals surface area contributed by atoms with E-state index in [-0.39, 0.29) is 11.6 Å². The van der Waals surface area contributed by atoms with Crippen LogP contribution in [0.1, 0.15) is 90.3 Å². The molecule has 5 aromatic rings. The minimum absolute atomic E-state index is 0.0810. The van der Waals surface area contributed by atoms with Gasteiger partial charge in [-0.25, -0.2) is 8.78 Å². The molecule has 47 heavy (non-hydrogen) atoms. The zero-order valence-corrected chi connectivity index (χ0v) is 30.7. The molecule has 0 atom stereocenters. The zero-order chi connectivity index (χ0) is 35.2. The highest BCUT2D eigenvalue weighted by Gasteiger charge is 1.97. The molecule has 0 radical (unpaired) electrons. The molecule has 5 rings (SSSR count). The monoisotopic (exact) mass is 636 g/mol. The molecule has 252 valence electrons. The summed E-state index contributed by atoms with van der Waals surface area (Å²) < 4.78 is 25.5. The third-order valence-corrected chi connectivity index (χ3v) is 7.73. The molecule has 5 aromatic carbocycles. The van der Waals surface area contributed by atoms with Gasteiger partial charge in [-0.1, -0.05) is 148 Å². The Kier molecular flexibility index (Phi) is 20.3. The zero-order valence-electron chi connectivity index (χ0n) is 30.7. The Bertz CT molecular complexity index is 1520. The molecule has 0 saturated heterocycles. The Morgan fingerprint density at radius 2 is 0.787 bits per heavy atom. The van der Waals surface area contributed by atoms with E-state index in [0.29, 0.717) is 0 Å². The molecule has 0 heterocycles. The molecule has 0 N–H and O–H groups in total. The van der Waals surface area contributed by atoms with Crippen molar-refractivity contribution < 1.29 is 8.78 Å². The van der Waals surface area contributed by atoms with Crippen LogP contribution in [0.4, 0.5) is 8.78 Å². The number of hydrogen-bond donors (Lipinski definition) is 0. The van der Waals surface area contributed by atoms with E-state index in [2.05, 4.69) is 121 Å². The predicted molar refractivity (Wildman–Crippen MR) is 203 cm³/mol. The normalized spacial score (nSPS) is 9.70. The second-order valence-electron chi connectivity index (χ2n) is 11.9. The summed E-state index contributed by atoms with van der Waals surface area (Å²) in [5.41, 5.74) is 12.0. The maximum absolute atomic E-state index is 12.9. The molecule has 0 aliphatic rings. The molecule has 0 nitrogen and oxygen atoms in total. The van der Waals surface area contributed by atoms with Crippen LogP contribution in [0.25, 0.3) is 0 Å². The Hall–Kier alpha value is -4.04. The van der Waals surface area contributed by atoms with Gasteiger partial charge >= 0.3 is 0 Å². The lowest BCUT2D eigenvalue weighted by atomic mass is 10.1. The van der Waals surface area contributed by atoms with E-state index < -0.39 is 0 Å². The van der Waals surface area contributed by atoms with Crippen LogP contribution in [-0.2, 0) is 32.1 Å². The minimum Gasteiger partial charge on any atom is -0.207 e. The molecule has 0 unspecified atom stereocenters. The van der Waals surface area contributed by atoms with Crippen molar-refractivity contribution in [2.75, 3.05) is 0 Å². The summed E-state index contributed by atoms with van der Waals surface area (Å²) in [6, 6.07) is 36.4. The Morgan fingerprint density at radius 3 is 1.17 bits per heavy atom. The van der Waals surface area contributed by atoms with E-state index in [4.69, 9.17) is 0 Å². The number of hydrogen-bond acceptors (Lipinski definition) is 0. The molecule has 0 spiro atoms. The van der Waals surface area contributed by atoms with E-state index >= 15 is 0 Å². The number of halogens is 2. The van der Waals surface area contributed by atoms with Crippen molar-refractivity contribution in [3.8, 4) is 0 Å². The minimum atomic E-state index is -0.114. The van der Waals surface area contributed by atoms with E-state index in [1.807, 2.05) is 38.1 Å². The summed E-state index contributed by atoms with van der Waals surface area (Å²) >= 11 is 0. The first-order valence-corrected chi connectivity index (χ1v) is 17.1. The first kappa shape index (κ1) is 41.0. The predicted octanol–water partition coefficient (Wildman–Crippen LogP) is 13.1. The van der Waals surface area contributed by atoms with Crippen LogP contribution in [0.2, 0.25) is 0 Å². The van der Waals surface area contributed by atoms with Crippen molar-refractivity contribution >= 4 is 0 Å². The maximum atomic E-state index is 12.9. The second-order valence-corrected chi connectivity index (χ2v) is 11.9. The second kappa shape index (κ2) is 23.3. The number of benzene rings is 5. The molecule has 0 aromatic heterocycles. The quantitative estimate of drug-likeness (QED) is 0.180. The third-order valence-electron chi connectivity index (χ3n) is 7.73. The van der Waals surface area contributed by atoms with Gasteiger partial charge in [-0.05, 0) is 118 Å². The summed E-state index contributed by atoms with van der Waals surface area (Å²) in [5.74, 6) is -0.195. The molecule has 0 saturated carbocycles.